The highest BCUT2D eigenvalue weighted by Gasteiger charge is 2.25. The van der Waals surface area contributed by atoms with Crippen molar-refractivity contribution in [1.29, 1.82) is 0 Å². The number of carbonyl (C=O) groups excluding carboxylic acids is 1. The van der Waals surface area contributed by atoms with E-state index in [1.807, 2.05) is 12.1 Å². The highest BCUT2D eigenvalue weighted by atomic mass is 16.4. The van der Waals surface area contributed by atoms with Gasteiger partial charge in [-0.3, -0.25) is 4.79 Å². The van der Waals surface area contributed by atoms with E-state index in [-0.39, 0.29) is 5.91 Å². The van der Waals surface area contributed by atoms with Crippen molar-refractivity contribution in [3.8, 4) is 0 Å². The monoisotopic (exact) mass is 242 g/mol. The molecule has 0 atom stereocenters. The summed E-state index contributed by atoms with van der Waals surface area (Å²) in [5.41, 5.74) is 7.88. The van der Waals surface area contributed by atoms with Crippen LogP contribution < -0.4 is 5.73 Å². The Morgan fingerprint density at radius 3 is 2.39 bits per heavy atom. The Morgan fingerprint density at radius 2 is 1.83 bits per heavy atom. The summed E-state index contributed by atoms with van der Waals surface area (Å²) in [4.78, 5) is 14.0. The number of benzene rings is 1. The van der Waals surface area contributed by atoms with E-state index in [0.717, 1.165) is 0 Å². The fourth-order valence-electron chi connectivity index (χ4n) is 2.24. The van der Waals surface area contributed by atoms with E-state index >= 15 is 0 Å². The second kappa shape index (κ2) is 4.31. The van der Waals surface area contributed by atoms with Gasteiger partial charge in [-0.2, -0.15) is 0 Å². The zero-order valence-electron chi connectivity index (χ0n) is 9.93. The molecular formula is C14H14N2O2. The maximum absolute atomic E-state index is 12.2. The van der Waals surface area contributed by atoms with Crippen LogP contribution in [-0.4, -0.2) is 10.8 Å². The van der Waals surface area contributed by atoms with Gasteiger partial charge in [0.15, 0.2) is 5.76 Å². The summed E-state index contributed by atoms with van der Waals surface area (Å²) in [5.74, 6) is 0.921. The lowest BCUT2D eigenvalue weighted by Gasteiger charge is -2.13. The van der Waals surface area contributed by atoms with Crippen molar-refractivity contribution in [2.75, 3.05) is 0 Å². The summed E-state index contributed by atoms with van der Waals surface area (Å²) in [6.45, 7) is 1.61. The molecule has 0 saturated heterocycles. The Kier molecular flexibility index (Phi) is 2.64. The minimum absolute atomic E-state index is 0.0779. The average Bonchev–Trinajstić information content (AvgIpc) is 3.04. The fourth-order valence-corrected chi connectivity index (χ4v) is 2.24. The molecule has 0 saturated carbocycles. The van der Waals surface area contributed by atoms with Crippen LogP contribution in [0.4, 0.5) is 0 Å². The van der Waals surface area contributed by atoms with E-state index in [1.165, 1.54) is 11.1 Å². The van der Waals surface area contributed by atoms with Gasteiger partial charge in [-0.1, -0.05) is 24.3 Å². The number of carbonyl (C=O) groups is 1. The first-order valence-electron chi connectivity index (χ1n) is 5.93. The van der Waals surface area contributed by atoms with Gasteiger partial charge in [0.2, 0.25) is 0 Å². The first-order chi connectivity index (χ1) is 8.78. The molecule has 1 amide bonds. The number of nitrogens with two attached hydrogens (primary N) is 1. The highest BCUT2D eigenvalue weighted by Crippen LogP contribution is 2.24. The number of furan rings is 1. The quantitative estimate of drug-likeness (QED) is 0.874. The van der Waals surface area contributed by atoms with Crippen LogP contribution in [0.2, 0.25) is 0 Å². The summed E-state index contributed by atoms with van der Waals surface area (Å²) in [7, 11) is 0. The third-order valence-electron chi connectivity index (χ3n) is 3.20. The molecule has 1 aromatic carbocycles. The largest absolute Gasteiger partial charge is 0.455 e. The molecule has 1 aliphatic rings. The molecule has 2 aromatic rings. The Hall–Kier alpha value is -2.07. The summed E-state index contributed by atoms with van der Waals surface area (Å²) in [6.07, 6.45) is 0. The maximum atomic E-state index is 12.2. The molecule has 4 nitrogen and oxygen atoms in total. The standard InChI is InChI=1S/C14H14N2O2/c15-7-12-5-6-13(18-12)14(17)16-8-10-3-1-2-4-11(10)9-16/h1-6H,7-9,15H2. The number of hydrogen-bond acceptors (Lipinski definition) is 3. The molecule has 0 radical (unpaired) electrons. The van der Waals surface area contributed by atoms with Crippen LogP contribution in [0.1, 0.15) is 27.4 Å². The molecule has 1 aliphatic heterocycles. The smallest absolute Gasteiger partial charge is 0.290 e. The molecule has 92 valence electrons. The lowest BCUT2D eigenvalue weighted by Crippen LogP contribution is -2.24. The van der Waals surface area contributed by atoms with Gasteiger partial charge in [-0.15, -0.1) is 0 Å². The molecule has 0 bridgehead atoms. The molecule has 3 rings (SSSR count). The first kappa shape index (κ1) is 11.0. The average molecular weight is 242 g/mol. The number of fused-ring (bicyclic) bond motifs is 1. The van der Waals surface area contributed by atoms with Crippen molar-refractivity contribution >= 4 is 5.91 Å². The Morgan fingerprint density at radius 1 is 1.17 bits per heavy atom. The van der Waals surface area contributed by atoms with Crippen LogP contribution in [0, 0.1) is 0 Å². The van der Waals surface area contributed by atoms with E-state index in [9.17, 15) is 4.79 Å². The molecule has 18 heavy (non-hydrogen) atoms. The number of hydrogen-bond donors (Lipinski definition) is 1. The third-order valence-corrected chi connectivity index (χ3v) is 3.20. The molecule has 0 spiro atoms. The second-order valence-corrected chi connectivity index (χ2v) is 4.40. The van der Waals surface area contributed by atoms with Gasteiger partial charge >= 0.3 is 0 Å². The predicted octanol–water partition coefficient (Wildman–Crippen LogP) is 1.89. The van der Waals surface area contributed by atoms with E-state index in [1.54, 1.807) is 17.0 Å². The molecule has 0 unspecified atom stereocenters. The Bertz CT molecular complexity index is 564. The summed E-state index contributed by atoms with van der Waals surface area (Å²) in [6, 6.07) is 11.5. The van der Waals surface area contributed by atoms with Crippen molar-refractivity contribution < 1.29 is 9.21 Å². The molecule has 2 N–H and O–H groups in total. The van der Waals surface area contributed by atoms with Crippen molar-refractivity contribution in [2.45, 2.75) is 19.6 Å². The normalized spacial score (nSPS) is 13.7. The van der Waals surface area contributed by atoms with Crippen LogP contribution in [0.25, 0.3) is 0 Å². The van der Waals surface area contributed by atoms with Crippen molar-refractivity contribution in [3.63, 3.8) is 0 Å². The minimum Gasteiger partial charge on any atom is -0.455 e. The fraction of sp³-hybridized carbons (Fsp3) is 0.214. The molecule has 0 aliphatic carbocycles. The van der Waals surface area contributed by atoms with Crippen LogP contribution in [0.5, 0.6) is 0 Å². The summed E-state index contributed by atoms with van der Waals surface area (Å²) < 4.78 is 5.39. The molecule has 2 heterocycles. The van der Waals surface area contributed by atoms with Gasteiger partial charge < -0.3 is 15.1 Å². The van der Waals surface area contributed by atoms with Gasteiger partial charge in [0.1, 0.15) is 5.76 Å². The molecule has 0 fully saturated rings. The van der Waals surface area contributed by atoms with Crippen LogP contribution in [0.15, 0.2) is 40.8 Å². The number of rotatable bonds is 2. The SMILES string of the molecule is NCc1ccc(C(=O)N2Cc3ccccc3C2)o1. The van der Waals surface area contributed by atoms with Gasteiger partial charge in [-0.05, 0) is 23.3 Å². The second-order valence-electron chi connectivity index (χ2n) is 4.40. The molecular weight excluding hydrogens is 228 g/mol. The van der Waals surface area contributed by atoms with Crippen molar-refractivity contribution in [3.05, 3.63) is 59.0 Å². The third kappa shape index (κ3) is 1.80. The summed E-state index contributed by atoms with van der Waals surface area (Å²) in [5, 5.41) is 0. The van der Waals surface area contributed by atoms with Crippen LogP contribution in [0.3, 0.4) is 0 Å². The maximum Gasteiger partial charge on any atom is 0.290 e. The lowest BCUT2D eigenvalue weighted by molar-refractivity contribution is 0.0717. The first-order valence-corrected chi connectivity index (χ1v) is 5.93. The van der Waals surface area contributed by atoms with E-state index < -0.39 is 0 Å². The number of nitrogens with zero attached hydrogens (tertiary/aromatic N) is 1. The van der Waals surface area contributed by atoms with Crippen molar-refractivity contribution in [1.82, 2.24) is 4.90 Å². The van der Waals surface area contributed by atoms with Crippen molar-refractivity contribution in [2.24, 2.45) is 5.73 Å². The van der Waals surface area contributed by atoms with Gasteiger partial charge in [0, 0.05) is 13.1 Å². The topological polar surface area (TPSA) is 59.5 Å². The molecule has 4 heteroatoms. The Labute approximate surface area is 105 Å². The lowest BCUT2D eigenvalue weighted by atomic mass is 10.1. The van der Waals surface area contributed by atoms with Crippen LogP contribution >= 0.6 is 0 Å². The predicted molar refractivity (Wildman–Crippen MR) is 66.6 cm³/mol. The van der Waals surface area contributed by atoms with E-state index in [0.29, 0.717) is 31.2 Å². The number of amides is 1. The van der Waals surface area contributed by atoms with Gasteiger partial charge in [0.25, 0.3) is 5.91 Å². The van der Waals surface area contributed by atoms with Gasteiger partial charge in [-0.25, -0.2) is 0 Å². The van der Waals surface area contributed by atoms with Crippen LogP contribution in [-0.2, 0) is 19.6 Å². The van der Waals surface area contributed by atoms with E-state index in [4.69, 9.17) is 10.2 Å². The van der Waals surface area contributed by atoms with Gasteiger partial charge in [0.05, 0.1) is 6.54 Å². The van der Waals surface area contributed by atoms with E-state index in [2.05, 4.69) is 12.1 Å². The minimum atomic E-state index is -0.0779. The highest BCUT2D eigenvalue weighted by molar-refractivity contribution is 5.91. The Balaban J connectivity index is 1.80. The zero-order chi connectivity index (χ0) is 12.5. The zero-order valence-corrected chi connectivity index (χ0v) is 9.93. The summed E-state index contributed by atoms with van der Waals surface area (Å²) >= 11 is 0. The molecule has 1 aromatic heterocycles.